The van der Waals surface area contributed by atoms with Crippen LogP contribution in [0.3, 0.4) is 0 Å². The summed E-state index contributed by atoms with van der Waals surface area (Å²) in [7, 11) is 0.611. The fourth-order valence-electron chi connectivity index (χ4n) is 8.84. The summed E-state index contributed by atoms with van der Waals surface area (Å²) in [4.78, 5) is 0. The second-order valence-corrected chi connectivity index (χ2v) is 19.0. The Morgan fingerprint density at radius 2 is 0.435 bits per heavy atom. The van der Waals surface area contributed by atoms with Gasteiger partial charge in [0.05, 0.1) is 0 Å². The van der Waals surface area contributed by atoms with Crippen LogP contribution >= 0.6 is 83.9 Å². The van der Waals surface area contributed by atoms with Gasteiger partial charge in [0.25, 0.3) is 0 Å². The Balaban J connectivity index is 0.000000152. The van der Waals surface area contributed by atoms with Crippen molar-refractivity contribution >= 4 is 189 Å². The van der Waals surface area contributed by atoms with Gasteiger partial charge in [-0.1, -0.05) is 230 Å². The van der Waals surface area contributed by atoms with Crippen molar-refractivity contribution in [2.75, 3.05) is 27.2 Å². The first-order valence-electron chi connectivity index (χ1n) is 21.4. The zero-order chi connectivity index (χ0) is 48.2. The van der Waals surface area contributed by atoms with Gasteiger partial charge in [0.2, 0.25) is 0 Å². The van der Waals surface area contributed by atoms with Gasteiger partial charge in [-0.2, -0.15) is 0 Å². The van der Waals surface area contributed by atoms with Gasteiger partial charge in [-0.3, -0.25) is 13.6 Å². The van der Waals surface area contributed by atoms with Gasteiger partial charge >= 0.3 is 7.82 Å². The average Bonchev–Trinajstić information content (AvgIpc) is 3.42. The number of alkyl halides is 1. The molecule has 0 amide bonds. The van der Waals surface area contributed by atoms with Crippen LogP contribution in [0.5, 0.6) is 0 Å². The average molecular weight is 1250 g/mol. The Morgan fingerprint density at radius 3 is 0.580 bits per heavy atom. The van der Waals surface area contributed by atoms with Gasteiger partial charge < -0.3 is 0 Å². The molecule has 0 unspecified atom stereocenters. The molecule has 4 nitrogen and oxygen atoms in total. The number of hydrogen-bond donors (Lipinski definition) is 0. The van der Waals surface area contributed by atoms with Crippen molar-refractivity contribution in [3.8, 4) is 0 Å². The molecule has 0 aliphatic heterocycles. The standard InChI is InChI=1S/2C18H11Br.C18H12.C3H9O4P.CH3Br.B.Br2/c2*19-12-9-10-17-15-7-2-1-5-13(15)14-6-3-4-8-16(14)18(17)11-12;1-2-8-14-13(7-1)15-9-3-4-11-17(15)18-12-6-5-10-16(14)18;1-5-8(4,6-2)7-3;1-2;;1-2/h2*1-11H;1-12H;1-3H3;1H3;;. The highest BCUT2D eigenvalue weighted by Gasteiger charge is 2.19. The topological polar surface area (TPSA) is 44.8 Å². The van der Waals surface area contributed by atoms with Gasteiger partial charge in [0.1, 0.15) is 0 Å². The predicted molar refractivity (Wildman–Crippen MR) is 319 cm³/mol. The van der Waals surface area contributed by atoms with Crippen LogP contribution in [0.15, 0.2) is 215 Å². The van der Waals surface area contributed by atoms with Gasteiger partial charge in [0, 0.05) is 66.9 Å². The molecule has 0 saturated carbocycles. The summed E-state index contributed by atoms with van der Waals surface area (Å²) in [6.07, 6.45) is 0. The largest absolute Gasteiger partial charge is 0.473 e. The third-order valence-corrected chi connectivity index (χ3v) is 14.1. The SMILES string of the molecule is BrBr.Brc1ccc2c3ccccc3c3ccccc3c2c1.Brc1ccc2c3ccccc3c3ccccc3c2c1.CBr.COP(=O)(OC)OC.[B].c1ccc2c(c1)c1ccccc1c1ccccc21. The van der Waals surface area contributed by atoms with Gasteiger partial charge in [0.15, 0.2) is 0 Å². The highest BCUT2D eigenvalue weighted by atomic mass is 80.9. The molecule has 0 saturated heterocycles. The maximum Gasteiger partial charge on any atom is 0.473 e. The first-order chi connectivity index (χ1) is 33.3. The number of benzene rings is 12. The van der Waals surface area contributed by atoms with E-state index >= 15 is 0 Å². The molecular weight excluding hydrogens is 1200 g/mol. The van der Waals surface area contributed by atoms with Crippen LogP contribution < -0.4 is 0 Å². The molecule has 11 heteroatoms. The lowest BCUT2D eigenvalue weighted by atomic mass is 9.94. The van der Waals surface area contributed by atoms with Gasteiger partial charge in [-0.05, 0) is 127 Å². The fourth-order valence-corrected chi connectivity index (χ4v) is 10.0. The molecule has 0 aliphatic rings. The van der Waals surface area contributed by atoms with E-state index in [0.717, 1.165) is 8.95 Å². The van der Waals surface area contributed by atoms with E-state index in [2.05, 4.69) is 296 Å². The van der Waals surface area contributed by atoms with Crippen LogP contribution in [0.1, 0.15) is 0 Å². The van der Waals surface area contributed by atoms with E-state index in [4.69, 9.17) is 0 Å². The summed E-state index contributed by atoms with van der Waals surface area (Å²) >= 11 is 15.6. The molecule has 69 heavy (non-hydrogen) atoms. The minimum atomic E-state index is -3.16. The van der Waals surface area contributed by atoms with Crippen molar-refractivity contribution in [1.82, 2.24) is 0 Å². The molecule has 0 N–H and O–H groups in total. The van der Waals surface area contributed by atoms with Crippen LogP contribution in [0.2, 0.25) is 0 Å². The maximum atomic E-state index is 10.7. The van der Waals surface area contributed by atoms with Crippen LogP contribution in [0.25, 0.3) is 97.0 Å². The summed E-state index contributed by atoms with van der Waals surface area (Å²) < 4.78 is 25.9. The number of phosphoric ester groups is 1. The van der Waals surface area contributed by atoms with Crippen molar-refractivity contribution < 1.29 is 18.1 Å². The molecule has 12 aromatic carbocycles. The smallest absolute Gasteiger partial charge is 0.290 e. The summed E-state index contributed by atoms with van der Waals surface area (Å²) in [5.41, 5.74) is 0. The quantitative estimate of drug-likeness (QED) is 0.0765. The lowest BCUT2D eigenvalue weighted by Gasteiger charge is -2.10. The first kappa shape index (κ1) is 53.9. The molecule has 12 rings (SSSR count). The molecule has 3 radical (unpaired) electrons. The second kappa shape index (κ2) is 25.6. The van der Waals surface area contributed by atoms with Crippen LogP contribution in [-0.4, -0.2) is 35.6 Å². The Bertz CT molecular complexity index is 3270. The predicted octanol–water partition coefficient (Wildman–Crippen LogP) is 20.3. The van der Waals surface area contributed by atoms with Crippen LogP contribution in [0, 0.1) is 0 Å². The molecule has 0 heterocycles. The zero-order valence-electron chi connectivity index (χ0n) is 38.2. The van der Waals surface area contributed by atoms with Crippen molar-refractivity contribution in [2.45, 2.75) is 0 Å². The second-order valence-electron chi connectivity index (χ2n) is 15.2. The van der Waals surface area contributed by atoms with E-state index in [1.54, 1.807) is 0 Å². The normalized spacial score (nSPS) is 10.8. The minimum absolute atomic E-state index is 0. The molecule has 0 bridgehead atoms. The van der Waals surface area contributed by atoms with E-state index in [0.29, 0.717) is 0 Å². The minimum Gasteiger partial charge on any atom is -0.290 e. The number of hydrogen-bond acceptors (Lipinski definition) is 4. The van der Waals surface area contributed by atoms with E-state index in [1.165, 1.54) is 118 Å². The Labute approximate surface area is 445 Å². The highest BCUT2D eigenvalue weighted by molar-refractivity contribution is 9.93. The van der Waals surface area contributed by atoms with Crippen LogP contribution in [-0.2, 0) is 18.1 Å². The van der Waals surface area contributed by atoms with Crippen molar-refractivity contribution in [1.29, 1.82) is 0 Å². The Kier molecular flexibility index (Phi) is 20.0. The zero-order valence-corrected chi connectivity index (χ0v) is 47.0. The summed E-state index contributed by atoms with van der Waals surface area (Å²) in [6.45, 7) is 0. The molecule has 345 valence electrons. The van der Waals surface area contributed by atoms with Gasteiger partial charge in [-0.25, -0.2) is 4.57 Å². The summed E-state index contributed by atoms with van der Waals surface area (Å²) in [5, 5.41) is 23.9. The molecular formula is C58H46BBr5O4P. The molecule has 0 aromatic heterocycles. The molecule has 0 fully saturated rings. The first-order valence-corrected chi connectivity index (χ1v) is 29.7. The van der Waals surface area contributed by atoms with Crippen molar-refractivity contribution in [3.63, 3.8) is 0 Å². The van der Waals surface area contributed by atoms with Gasteiger partial charge in [-0.15, -0.1) is 0 Å². The van der Waals surface area contributed by atoms with E-state index in [-0.39, 0.29) is 8.41 Å². The third-order valence-electron chi connectivity index (χ3n) is 11.7. The lowest BCUT2D eigenvalue weighted by Crippen LogP contribution is -1.88. The van der Waals surface area contributed by atoms with E-state index in [9.17, 15) is 4.57 Å². The van der Waals surface area contributed by atoms with E-state index < -0.39 is 7.82 Å². The number of rotatable bonds is 3. The molecule has 12 aromatic rings. The van der Waals surface area contributed by atoms with E-state index in [1.807, 2.05) is 5.83 Å². The Morgan fingerprint density at radius 1 is 0.290 bits per heavy atom. The Hall–Kier alpha value is -4.45. The monoisotopic (exact) mass is 1240 g/mol. The fraction of sp³-hybridized carbons (Fsp3) is 0.0690. The highest BCUT2D eigenvalue weighted by Crippen LogP contribution is 2.46. The number of halogens is 5. The summed E-state index contributed by atoms with van der Waals surface area (Å²) in [5.74, 6) is 1.81. The van der Waals surface area contributed by atoms with Crippen LogP contribution in [0.4, 0.5) is 0 Å². The van der Waals surface area contributed by atoms with Crippen molar-refractivity contribution in [3.05, 3.63) is 215 Å². The number of fused-ring (bicyclic) bond motifs is 18. The third kappa shape index (κ3) is 11.7. The lowest BCUT2D eigenvalue weighted by molar-refractivity contribution is 0.178. The molecule has 0 spiro atoms. The van der Waals surface area contributed by atoms with Crippen molar-refractivity contribution in [2.24, 2.45) is 0 Å². The molecule has 0 aliphatic carbocycles. The maximum absolute atomic E-state index is 10.7. The number of phosphoric acid groups is 1. The summed E-state index contributed by atoms with van der Waals surface area (Å²) in [6, 6.07) is 73.5. The molecule has 0 atom stereocenters.